The topological polar surface area (TPSA) is 24.3 Å². The van der Waals surface area contributed by atoms with Crippen LogP contribution in [0.5, 0.6) is 0 Å². The molecule has 4 heteroatoms. The molecule has 1 fully saturated rings. The fourth-order valence-electron chi connectivity index (χ4n) is 6.08. The van der Waals surface area contributed by atoms with Crippen molar-refractivity contribution in [3.63, 3.8) is 0 Å². The summed E-state index contributed by atoms with van der Waals surface area (Å²) in [5, 5.41) is 0. The zero-order valence-corrected chi connectivity index (χ0v) is 24.4. The van der Waals surface area contributed by atoms with Crippen LogP contribution in [0.15, 0.2) is 60.8 Å². The number of imidazole rings is 1. The molecule has 1 aliphatic rings. The van der Waals surface area contributed by atoms with Crippen molar-refractivity contribution in [3.8, 4) is 11.4 Å². The Kier molecular flexibility index (Phi) is 10.9. The van der Waals surface area contributed by atoms with Crippen LogP contribution in [0.25, 0.3) is 11.4 Å². The van der Waals surface area contributed by atoms with Gasteiger partial charge < -0.3 is 9.47 Å². The van der Waals surface area contributed by atoms with E-state index in [2.05, 4.69) is 103 Å². The van der Waals surface area contributed by atoms with Gasteiger partial charge in [-0.15, -0.1) is 0 Å². The van der Waals surface area contributed by atoms with Crippen molar-refractivity contribution in [1.29, 1.82) is 0 Å². The van der Waals surface area contributed by atoms with Crippen LogP contribution in [0.1, 0.15) is 95.4 Å². The van der Waals surface area contributed by atoms with E-state index >= 15 is 0 Å². The fourth-order valence-corrected chi connectivity index (χ4v) is 6.08. The highest BCUT2D eigenvalue weighted by Gasteiger charge is 2.28. The van der Waals surface area contributed by atoms with E-state index in [1.807, 2.05) is 0 Å². The van der Waals surface area contributed by atoms with Crippen LogP contribution in [0.2, 0.25) is 0 Å². The molecule has 2 aromatic carbocycles. The average Bonchev–Trinajstić information content (AvgIpc) is 3.37. The van der Waals surface area contributed by atoms with Crippen LogP contribution in [-0.4, -0.2) is 35.1 Å². The minimum atomic E-state index is 0.382. The summed E-state index contributed by atoms with van der Waals surface area (Å²) in [6, 6.07) is 20.4. The maximum atomic E-state index is 5.07. The van der Waals surface area contributed by atoms with Crippen molar-refractivity contribution in [2.24, 2.45) is 5.92 Å². The number of nitrogens with zero attached hydrogens (tertiary/aromatic N) is 4. The van der Waals surface area contributed by atoms with E-state index in [1.54, 1.807) is 0 Å². The third kappa shape index (κ3) is 7.50. The first-order valence-electron chi connectivity index (χ1n) is 15.2. The van der Waals surface area contributed by atoms with Gasteiger partial charge in [-0.05, 0) is 49.3 Å². The largest absolute Gasteiger partial charge is 0.378 e. The van der Waals surface area contributed by atoms with Gasteiger partial charge in [0.05, 0.1) is 17.9 Å². The molecule has 3 aromatic rings. The minimum Gasteiger partial charge on any atom is -0.378 e. The van der Waals surface area contributed by atoms with Gasteiger partial charge in [0.2, 0.25) is 0 Å². The molecule has 0 bridgehead atoms. The molecule has 1 aliphatic carbocycles. The number of hydrogen-bond donors (Lipinski definition) is 0. The van der Waals surface area contributed by atoms with Crippen molar-refractivity contribution < 1.29 is 0 Å². The summed E-state index contributed by atoms with van der Waals surface area (Å²) >= 11 is 0. The highest BCUT2D eigenvalue weighted by molar-refractivity contribution is 5.56. The Balaban J connectivity index is 1.71. The van der Waals surface area contributed by atoms with E-state index in [9.17, 15) is 0 Å². The Bertz CT molecular complexity index is 1060. The summed E-state index contributed by atoms with van der Waals surface area (Å²) in [6.45, 7) is 7.83. The van der Waals surface area contributed by atoms with Crippen LogP contribution < -0.4 is 4.90 Å². The van der Waals surface area contributed by atoms with Crippen LogP contribution in [-0.2, 0) is 13.1 Å². The van der Waals surface area contributed by atoms with Gasteiger partial charge >= 0.3 is 0 Å². The van der Waals surface area contributed by atoms with Crippen LogP contribution >= 0.6 is 0 Å². The molecule has 1 unspecified atom stereocenters. The lowest BCUT2D eigenvalue weighted by Crippen LogP contribution is -2.35. The minimum absolute atomic E-state index is 0.382. The molecule has 0 radical (unpaired) electrons. The summed E-state index contributed by atoms with van der Waals surface area (Å²) in [5.74, 6) is 1.93. The van der Waals surface area contributed by atoms with Crippen LogP contribution in [0.3, 0.4) is 0 Å². The van der Waals surface area contributed by atoms with Gasteiger partial charge in [-0.3, -0.25) is 4.90 Å². The fraction of sp³-hybridized carbons (Fsp3) is 0.559. The number of rotatable bonds is 14. The molecule has 1 saturated carbocycles. The number of hydrogen-bond acceptors (Lipinski definition) is 3. The normalized spacial score (nSPS) is 15.2. The standard InChI is InChI=1S/C34H50N4/c1-5-7-19-32(33-25-35-34(38(33)24-8-6-2)30-17-13-10-14-18-30)37(26-28-15-11-9-12-16-28)27-29-20-22-31(23-21-29)36(3)4/h10,13-14,17-18,20-23,25,28,32H,5-9,11-12,15-16,19,24,26-27H2,1-4H3. The molecule has 1 heterocycles. The predicted octanol–water partition coefficient (Wildman–Crippen LogP) is 8.73. The molecule has 0 spiro atoms. The maximum absolute atomic E-state index is 5.07. The Morgan fingerprint density at radius 3 is 2.26 bits per heavy atom. The van der Waals surface area contributed by atoms with Gasteiger partial charge in [0.15, 0.2) is 0 Å². The molecule has 1 atom stereocenters. The molecule has 0 aliphatic heterocycles. The van der Waals surface area contributed by atoms with Crippen molar-refractivity contribution >= 4 is 5.69 Å². The summed E-state index contributed by atoms with van der Waals surface area (Å²) in [6.07, 6.45) is 15.2. The third-order valence-electron chi connectivity index (χ3n) is 8.32. The molecule has 1 aromatic heterocycles. The van der Waals surface area contributed by atoms with Crippen molar-refractivity contribution in [2.45, 2.75) is 97.2 Å². The Morgan fingerprint density at radius 1 is 0.895 bits per heavy atom. The quantitative estimate of drug-likeness (QED) is 0.215. The number of benzene rings is 2. The molecule has 206 valence electrons. The summed E-state index contributed by atoms with van der Waals surface area (Å²) in [4.78, 5) is 10.1. The molecule has 0 N–H and O–H groups in total. The van der Waals surface area contributed by atoms with Gasteiger partial charge in [-0.25, -0.2) is 4.98 Å². The second kappa shape index (κ2) is 14.5. The van der Waals surface area contributed by atoms with Gasteiger partial charge in [-0.1, -0.05) is 94.8 Å². The van der Waals surface area contributed by atoms with E-state index in [4.69, 9.17) is 4.98 Å². The van der Waals surface area contributed by atoms with Crippen LogP contribution in [0.4, 0.5) is 5.69 Å². The van der Waals surface area contributed by atoms with Gasteiger partial charge in [0.25, 0.3) is 0 Å². The molecule has 0 saturated heterocycles. The van der Waals surface area contributed by atoms with Gasteiger partial charge in [-0.2, -0.15) is 0 Å². The first-order valence-corrected chi connectivity index (χ1v) is 15.2. The third-order valence-corrected chi connectivity index (χ3v) is 8.32. The summed E-state index contributed by atoms with van der Waals surface area (Å²) < 4.78 is 2.56. The molecular weight excluding hydrogens is 464 g/mol. The average molecular weight is 515 g/mol. The zero-order chi connectivity index (χ0) is 26.7. The van der Waals surface area contributed by atoms with E-state index in [-0.39, 0.29) is 0 Å². The Labute approximate surface area is 232 Å². The van der Waals surface area contributed by atoms with E-state index in [1.165, 1.54) is 93.3 Å². The van der Waals surface area contributed by atoms with Crippen LogP contribution in [0, 0.1) is 5.92 Å². The first kappa shape index (κ1) is 28.4. The Morgan fingerprint density at radius 2 is 1.61 bits per heavy atom. The zero-order valence-electron chi connectivity index (χ0n) is 24.4. The monoisotopic (exact) mass is 514 g/mol. The molecule has 4 rings (SSSR count). The maximum Gasteiger partial charge on any atom is 0.140 e. The van der Waals surface area contributed by atoms with Crippen molar-refractivity contribution in [3.05, 3.63) is 72.1 Å². The Hall–Kier alpha value is -2.59. The van der Waals surface area contributed by atoms with E-state index < -0.39 is 0 Å². The molecule has 38 heavy (non-hydrogen) atoms. The first-order chi connectivity index (χ1) is 18.6. The van der Waals surface area contributed by atoms with E-state index in [0.29, 0.717) is 6.04 Å². The number of anilines is 1. The van der Waals surface area contributed by atoms with E-state index in [0.717, 1.165) is 24.8 Å². The smallest absolute Gasteiger partial charge is 0.140 e. The SMILES string of the molecule is CCCCC(c1cnc(-c2ccccc2)n1CCCC)N(Cc1ccc(N(C)C)cc1)CC1CCCCC1. The molecular formula is C34H50N4. The van der Waals surface area contributed by atoms with Crippen molar-refractivity contribution in [2.75, 3.05) is 25.5 Å². The second-order valence-electron chi connectivity index (χ2n) is 11.5. The lowest BCUT2D eigenvalue weighted by Gasteiger charge is -2.36. The lowest BCUT2D eigenvalue weighted by atomic mass is 9.88. The molecule has 4 nitrogen and oxygen atoms in total. The highest BCUT2D eigenvalue weighted by atomic mass is 15.2. The predicted molar refractivity (Wildman–Crippen MR) is 163 cm³/mol. The van der Waals surface area contributed by atoms with Crippen molar-refractivity contribution in [1.82, 2.24) is 14.5 Å². The summed E-state index contributed by atoms with van der Waals surface area (Å²) in [7, 11) is 4.24. The number of aromatic nitrogens is 2. The highest BCUT2D eigenvalue weighted by Crippen LogP contribution is 2.35. The van der Waals surface area contributed by atoms with Gasteiger partial charge in [0, 0.05) is 45.0 Å². The second-order valence-corrected chi connectivity index (χ2v) is 11.5. The van der Waals surface area contributed by atoms with Gasteiger partial charge in [0.1, 0.15) is 5.82 Å². The summed E-state index contributed by atoms with van der Waals surface area (Å²) in [5.41, 5.74) is 5.31. The molecule has 0 amide bonds. The number of unbranched alkanes of at least 4 members (excludes halogenated alkanes) is 2. The lowest BCUT2D eigenvalue weighted by molar-refractivity contribution is 0.127.